The molecule has 0 heterocycles. The zero-order valence-corrected chi connectivity index (χ0v) is 12.9. The van der Waals surface area contributed by atoms with Gasteiger partial charge in [0, 0.05) is 0 Å². The number of hydrogen-bond acceptors (Lipinski definition) is 0. The summed E-state index contributed by atoms with van der Waals surface area (Å²) >= 11 is 0. The van der Waals surface area contributed by atoms with Crippen molar-refractivity contribution in [1.82, 2.24) is 0 Å². The van der Waals surface area contributed by atoms with E-state index >= 15 is 0 Å². The lowest BCUT2D eigenvalue weighted by atomic mass is 9.45. The summed E-state index contributed by atoms with van der Waals surface area (Å²) in [5.41, 5.74) is 0.470. The van der Waals surface area contributed by atoms with Gasteiger partial charge in [-0.1, -0.05) is 85.8 Å². The minimum absolute atomic E-state index is 0.470. The van der Waals surface area contributed by atoms with Crippen LogP contribution in [0.2, 0.25) is 11.6 Å². The van der Waals surface area contributed by atoms with Crippen molar-refractivity contribution in [3.05, 3.63) is 0 Å². The Morgan fingerprint density at radius 1 is 0.875 bits per heavy atom. The van der Waals surface area contributed by atoms with E-state index in [0.29, 0.717) is 5.41 Å². The fourth-order valence-corrected chi connectivity index (χ4v) is 2.16. The van der Waals surface area contributed by atoms with Crippen molar-refractivity contribution in [1.29, 1.82) is 0 Å². The van der Waals surface area contributed by atoms with E-state index in [9.17, 15) is 0 Å². The quantitative estimate of drug-likeness (QED) is 0.547. The molecular weight excluding hydrogens is 191 g/mol. The fourth-order valence-electron chi connectivity index (χ4n) is 2.16. The van der Waals surface area contributed by atoms with E-state index in [-0.39, 0.29) is 0 Å². The predicted octanol–water partition coefficient (Wildman–Crippen LogP) is 5.16. The van der Waals surface area contributed by atoms with Crippen LogP contribution in [0.4, 0.5) is 0 Å². The lowest BCUT2D eigenvalue weighted by molar-refractivity contribution is 0.341. The van der Waals surface area contributed by atoms with Crippen LogP contribution in [0.5, 0.6) is 0 Å². The van der Waals surface area contributed by atoms with E-state index in [4.69, 9.17) is 0 Å². The lowest BCUT2D eigenvalue weighted by Crippen LogP contribution is -2.25. The van der Waals surface area contributed by atoms with Gasteiger partial charge in [0.1, 0.15) is 7.28 Å². The van der Waals surface area contributed by atoms with E-state index in [1.165, 1.54) is 20.1 Å². The van der Waals surface area contributed by atoms with Crippen molar-refractivity contribution < 1.29 is 0 Å². The van der Waals surface area contributed by atoms with Crippen LogP contribution in [0.1, 0.15) is 68.2 Å². The Labute approximate surface area is 105 Å². The Bertz CT molecular complexity index is 176. The van der Waals surface area contributed by atoms with E-state index in [1.807, 2.05) is 0 Å². The second-order valence-electron chi connectivity index (χ2n) is 7.49. The van der Waals surface area contributed by atoms with Crippen molar-refractivity contribution >= 4 is 7.28 Å². The third-order valence-corrected chi connectivity index (χ3v) is 4.11. The van der Waals surface area contributed by atoms with E-state index in [2.05, 4.69) is 55.4 Å². The maximum Gasteiger partial charge on any atom is 0.128 e. The van der Waals surface area contributed by atoms with Gasteiger partial charge in [-0.15, -0.1) is 0 Å². The highest BCUT2D eigenvalue weighted by Gasteiger charge is 2.27. The largest absolute Gasteiger partial charge is 0.128 e. The van der Waals surface area contributed by atoms with E-state index in [1.54, 1.807) is 0 Å². The highest BCUT2D eigenvalue weighted by atomic mass is 14.2. The molecule has 16 heavy (non-hydrogen) atoms. The molecule has 0 aliphatic heterocycles. The highest BCUT2D eigenvalue weighted by Crippen LogP contribution is 2.38. The van der Waals surface area contributed by atoms with Gasteiger partial charge in [-0.05, 0) is 11.3 Å². The summed E-state index contributed by atoms with van der Waals surface area (Å²) in [7, 11) is 1.40. The molecule has 0 aromatic heterocycles. The van der Waals surface area contributed by atoms with Gasteiger partial charge in [0.05, 0.1) is 0 Å². The van der Waals surface area contributed by atoms with Crippen LogP contribution in [-0.4, -0.2) is 7.28 Å². The van der Waals surface area contributed by atoms with Crippen molar-refractivity contribution in [2.24, 2.45) is 17.3 Å². The Morgan fingerprint density at radius 2 is 1.38 bits per heavy atom. The molecule has 0 bridgehead atoms. The molecule has 2 unspecified atom stereocenters. The minimum Gasteiger partial charge on any atom is -0.0691 e. The highest BCUT2D eigenvalue weighted by molar-refractivity contribution is 6.39. The lowest BCUT2D eigenvalue weighted by Gasteiger charge is -2.33. The van der Waals surface area contributed by atoms with Crippen LogP contribution in [-0.2, 0) is 0 Å². The van der Waals surface area contributed by atoms with Gasteiger partial charge in [-0.3, -0.25) is 0 Å². The summed E-state index contributed by atoms with van der Waals surface area (Å²) < 4.78 is 0. The summed E-state index contributed by atoms with van der Waals surface area (Å²) in [4.78, 5) is 0. The maximum atomic E-state index is 2.42. The van der Waals surface area contributed by atoms with E-state index in [0.717, 1.165) is 23.5 Å². The molecule has 0 saturated heterocycles. The molecule has 96 valence electrons. The summed E-state index contributed by atoms with van der Waals surface area (Å²) in [6, 6.07) is 0. The molecule has 0 aromatic carbocycles. The SMILES string of the molecule is CC(C)CCC(BC(C)C(C)C)C(C)(C)C. The molecule has 0 spiro atoms. The molecule has 0 amide bonds. The van der Waals surface area contributed by atoms with Crippen molar-refractivity contribution in [2.45, 2.75) is 79.9 Å². The Hall–Kier alpha value is 0.0649. The number of hydrogen-bond donors (Lipinski definition) is 0. The molecule has 0 rings (SSSR count). The van der Waals surface area contributed by atoms with Crippen LogP contribution in [0, 0.1) is 17.3 Å². The van der Waals surface area contributed by atoms with Gasteiger partial charge < -0.3 is 0 Å². The van der Waals surface area contributed by atoms with Crippen LogP contribution < -0.4 is 0 Å². The topological polar surface area (TPSA) is 0 Å². The Balaban J connectivity index is 4.33. The first-order valence-corrected chi connectivity index (χ1v) is 7.14. The fraction of sp³-hybridized carbons (Fsp3) is 1.00. The molecule has 2 atom stereocenters. The van der Waals surface area contributed by atoms with Crippen LogP contribution >= 0.6 is 0 Å². The monoisotopic (exact) mass is 224 g/mol. The van der Waals surface area contributed by atoms with Gasteiger partial charge in [-0.25, -0.2) is 0 Å². The van der Waals surface area contributed by atoms with Crippen molar-refractivity contribution in [3.63, 3.8) is 0 Å². The molecular formula is C15H33B. The average molecular weight is 224 g/mol. The second-order valence-corrected chi connectivity index (χ2v) is 7.49. The first-order chi connectivity index (χ1) is 7.14. The molecule has 0 fully saturated rings. The number of rotatable bonds is 6. The maximum absolute atomic E-state index is 2.42. The normalized spacial score (nSPS) is 16.6. The van der Waals surface area contributed by atoms with Crippen LogP contribution in [0.3, 0.4) is 0 Å². The first kappa shape index (κ1) is 16.1. The summed E-state index contributed by atoms with van der Waals surface area (Å²) in [6.45, 7) is 19.0. The minimum atomic E-state index is 0.470. The molecule has 0 aromatic rings. The standard InChI is InChI=1S/C15H33B/c1-11(2)9-10-14(15(6,7)8)16-13(5)12(3)4/h11-14,16H,9-10H2,1-8H3. The van der Waals surface area contributed by atoms with Gasteiger partial charge in [0.25, 0.3) is 0 Å². The predicted molar refractivity (Wildman–Crippen MR) is 78.7 cm³/mol. The summed E-state index contributed by atoms with van der Waals surface area (Å²) in [5, 5.41) is 0. The van der Waals surface area contributed by atoms with Crippen LogP contribution in [0.25, 0.3) is 0 Å². The first-order valence-electron chi connectivity index (χ1n) is 7.14. The second kappa shape index (κ2) is 6.72. The van der Waals surface area contributed by atoms with Gasteiger partial charge >= 0.3 is 0 Å². The van der Waals surface area contributed by atoms with Gasteiger partial charge in [0.15, 0.2) is 0 Å². The van der Waals surface area contributed by atoms with E-state index < -0.39 is 0 Å². The molecule has 0 aliphatic rings. The smallest absolute Gasteiger partial charge is 0.0691 e. The summed E-state index contributed by atoms with van der Waals surface area (Å²) in [5.74, 6) is 3.41. The average Bonchev–Trinajstić information content (AvgIpc) is 2.09. The molecule has 0 N–H and O–H groups in total. The molecule has 1 heteroatoms. The van der Waals surface area contributed by atoms with Crippen LogP contribution in [0.15, 0.2) is 0 Å². The Morgan fingerprint density at radius 3 is 1.69 bits per heavy atom. The Kier molecular flexibility index (Phi) is 6.74. The molecule has 0 saturated carbocycles. The van der Waals surface area contributed by atoms with Crippen molar-refractivity contribution in [3.8, 4) is 0 Å². The zero-order chi connectivity index (χ0) is 12.9. The molecule has 0 aliphatic carbocycles. The zero-order valence-electron chi connectivity index (χ0n) is 12.9. The molecule has 0 nitrogen and oxygen atoms in total. The van der Waals surface area contributed by atoms with Gasteiger partial charge in [-0.2, -0.15) is 0 Å². The van der Waals surface area contributed by atoms with Crippen molar-refractivity contribution in [2.75, 3.05) is 0 Å². The third kappa shape index (κ3) is 6.61. The van der Waals surface area contributed by atoms with Gasteiger partial charge in [0.2, 0.25) is 0 Å². The third-order valence-electron chi connectivity index (χ3n) is 4.11. The summed E-state index contributed by atoms with van der Waals surface area (Å²) in [6.07, 6.45) is 2.78. The molecule has 0 radical (unpaired) electrons.